The van der Waals surface area contributed by atoms with Gasteiger partial charge >= 0.3 is 6.18 Å². The van der Waals surface area contributed by atoms with Gasteiger partial charge in [0.15, 0.2) is 0 Å². The van der Waals surface area contributed by atoms with Gasteiger partial charge in [-0.2, -0.15) is 18.2 Å². The molecule has 0 fully saturated rings. The highest BCUT2D eigenvalue weighted by atomic mass is 35.5. The average Bonchev–Trinajstić information content (AvgIpc) is 2.69. The molecule has 0 saturated heterocycles. The van der Waals surface area contributed by atoms with Crippen molar-refractivity contribution in [3.8, 4) is 11.3 Å². The quantitative estimate of drug-likeness (QED) is 0.547. The Bertz CT molecular complexity index is 996. The van der Waals surface area contributed by atoms with Crippen LogP contribution in [0.5, 0.6) is 0 Å². The summed E-state index contributed by atoms with van der Waals surface area (Å²) in [5.41, 5.74) is 0.706. The van der Waals surface area contributed by atoms with Gasteiger partial charge in [-0.05, 0) is 44.4 Å². The van der Waals surface area contributed by atoms with Crippen molar-refractivity contribution in [1.82, 2.24) is 19.9 Å². The predicted octanol–water partition coefficient (Wildman–Crippen LogP) is 4.93. The van der Waals surface area contributed by atoms with Crippen LogP contribution in [0.25, 0.3) is 11.3 Å². The molecule has 0 radical (unpaired) electrons. The van der Waals surface area contributed by atoms with Crippen LogP contribution in [0.3, 0.4) is 0 Å². The number of halogens is 4. The lowest BCUT2D eigenvalue weighted by atomic mass is 10.1. The molecular weight excluding hydrogens is 417 g/mol. The van der Waals surface area contributed by atoms with Gasteiger partial charge in [-0.1, -0.05) is 11.6 Å². The Morgan fingerprint density at radius 3 is 2.43 bits per heavy atom. The lowest BCUT2D eigenvalue weighted by Gasteiger charge is -2.14. The monoisotopic (exact) mass is 436 g/mol. The summed E-state index contributed by atoms with van der Waals surface area (Å²) in [6, 6.07) is 8.86. The normalized spacial score (nSPS) is 11.6. The molecule has 2 heterocycles. The molecule has 3 rings (SSSR count). The third-order valence-electron chi connectivity index (χ3n) is 4.09. The van der Waals surface area contributed by atoms with Gasteiger partial charge in [0, 0.05) is 42.8 Å². The van der Waals surface area contributed by atoms with Crippen LogP contribution in [-0.2, 0) is 6.18 Å². The van der Waals surface area contributed by atoms with E-state index in [2.05, 4.69) is 25.6 Å². The summed E-state index contributed by atoms with van der Waals surface area (Å²) < 4.78 is 39.5. The highest BCUT2D eigenvalue weighted by Gasteiger charge is 2.33. The number of hydrogen-bond acceptors (Lipinski definition) is 6. The zero-order valence-electron chi connectivity index (χ0n) is 16.3. The first-order chi connectivity index (χ1) is 14.2. The molecule has 0 amide bonds. The van der Waals surface area contributed by atoms with Crippen LogP contribution in [0.4, 0.5) is 30.6 Å². The highest BCUT2D eigenvalue weighted by molar-refractivity contribution is 6.31. The molecule has 2 N–H and O–H groups in total. The summed E-state index contributed by atoms with van der Waals surface area (Å²) in [4.78, 5) is 14.9. The van der Waals surface area contributed by atoms with Gasteiger partial charge in [0.2, 0.25) is 5.95 Å². The van der Waals surface area contributed by atoms with E-state index >= 15 is 0 Å². The van der Waals surface area contributed by atoms with Crippen LogP contribution < -0.4 is 10.6 Å². The summed E-state index contributed by atoms with van der Waals surface area (Å²) in [5, 5.41) is 5.69. The molecule has 6 nitrogen and oxygen atoms in total. The molecular formula is C20H20ClF3N6. The fraction of sp³-hybridized carbons (Fsp3) is 0.250. The van der Waals surface area contributed by atoms with Gasteiger partial charge in [-0.3, -0.25) is 4.98 Å². The molecule has 0 saturated carbocycles. The van der Waals surface area contributed by atoms with Crippen molar-refractivity contribution in [3.63, 3.8) is 0 Å². The van der Waals surface area contributed by atoms with Gasteiger partial charge in [0.1, 0.15) is 5.82 Å². The van der Waals surface area contributed by atoms with Crippen molar-refractivity contribution in [1.29, 1.82) is 0 Å². The van der Waals surface area contributed by atoms with Gasteiger partial charge < -0.3 is 15.5 Å². The minimum atomic E-state index is -4.55. The van der Waals surface area contributed by atoms with E-state index in [0.29, 0.717) is 24.0 Å². The number of nitrogens with zero attached hydrogens (tertiary/aromatic N) is 4. The van der Waals surface area contributed by atoms with Crippen LogP contribution >= 0.6 is 11.6 Å². The molecule has 0 aliphatic rings. The van der Waals surface area contributed by atoms with Gasteiger partial charge in [0.05, 0.1) is 16.3 Å². The molecule has 0 spiro atoms. The third-order valence-corrected chi connectivity index (χ3v) is 4.42. The summed E-state index contributed by atoms with van der Waals surface area (Å²) in [6.07, 6.45) is -1.28. The van der Waals surface area contributed by atoms with Gasteiger partial charge in [-0.15, -0.1) is 0 Å². The minimum Gasteiger partial charge on any atom is -0.353 e. The maximum atomic E-state index is 13.2. The summed E-state index contributed by atoms with van der Waals surface area (Å²) >= 11 is 5.70. The SMILES string of the molecule is CN(C)CCNc1nc(Nc2ccc(Cl)c(C(F)(F)F)c2)cc(-c2ccncc2)n1. The Labute approximate surface area is 177 Å². The lowest BCUT2D eigenvalue weighted by molar-refractivity contribution is -0.137. The highest BCUT2D eigenvalue weighted by Crippen LogP contribution is 2.36. The van der Waals surface area contributed by atoms with Crippen LogP contribution in [-0.4, -0.2) is 47.0 Å². The number of alkyl halides is 3. The van der Waals surface area contributed by atoms with E-state index in [0.717, 1.165) is 18.2 Å². The second kappa shape index (κ2) is 9.27. The van der Waals surface area contributed by atoms with Crippen molar-refractivity contribution in [3.05, 3.63) is 59.4 Å². The average molecular weight is 437 g/mol. The van der Waals surface area contributed by atoms with E-state index in [9.17, 15) is 13.2 Å². The molecule has 3 aromatic rings. The number of anilines is 3. The second-order valence-corrected chi connectivity index (χ2v) is 7.15. The van der Waals surface area contributed by atoms with Crippen LogP contribution in [0, 0.1) is 0 Å². The molecule has 0 aliphatic carbocycles. The molecule has 0 bridgehead atoms. The van der Waals surface area contributed by atoms with Crippen LogP contribution in [0.15, 0.2) is 48.8 Å². The third kappa shape index (κ3) is 5.80. The van der Waals surface area contributed by atoms with E-state index in [1.807, 2.05) is 19.0 Å². The lowest BCUT2D eigenvalue weighted by Crippen LogP contribution is -2.21. The first-order valence-electron chi connectivity index (χ1n) is 9.04. The summed E-state index contributed by atoms with van der Waals surface area (Å²) in [5.74, 6) is 0.707. The Kier molecular flexibility index (Phi) is 6.73. The smallest absolute Gasteiger partial charge is 0.353 e. The minimum absolute atomic E-state index is 0.213. The molecule has 0 unspecified atom stereocenters. The fourth-order valence-corrected chi connectivity index (χ4v) is 2.85. The number of likely N-dealkylation sites (N-methyl/N-ethyl adjacent to an activating group) is 1. The number of aromatic nitrogens is 3. The maximum Gasteiger partial charge on any atom is 0.417 e. The zero-order valence-corrected chi connectivity index (χ0v) is 17.1. The maximum absolute atomic E-state index is 13.2. The second-order valence-electron chi connectivity index (χ2n) is 6.75. The first-order valence-corrected chi connectivity index (χ1v) is 9.42. The molecule has 0 atom stereocenters. The number of benzene rings is 1. The van der Waals surface area contributed by atoms with Crippen molar-refractivity contribution < 1.29 is 13.2 Å². The van der Waals surface area contributed by atoms with Crippen LogP contribution in [0.1, 0.15) is 5.56 Å². The molecule has 2 aromatic heterocycles. The molecule has 0 aliphatic heterocycles. The van der Waals surface area contributed by atoms with Crippen molar-refractivity contribution >= 4 is 29.1 Å². The van der Waals surface area contributed by atoms with E-state index < -0.39 is 11.7 Å². The number of nitrogens with one attached hydrogen (secondary N) is 2. The Morgan fingerprint density at radius 1 is 1.03 bits per heavy atom. The van der Waals surface area contributed by atoms with Crippen LogP contribution in [0.2, 0.25) is 5.02 Å². The molecule has 158 valence electrons. The Balaban J connectivity index is 1.93. The van der Waals surface area contributed by atoms with E-state index in [-0.39, 0.29) is 10.7 Å². The number of hydrogen-bond donors (Lipinski definition) is 2. The topological polar surface area (TPSA) is 66.0 Å². The molecule has 1 aromatic carbocycles. The van der Waals surface area contributed by atoms with Crippen molar-refractivity contribution in [2.75, 3.05) is 37.8 Å². The van der Waals surface area contributed by atoms with E-state index in [1.165, 1.54) is 12.1 Å². The van der Waals surface area contributed by atoms with Gasteiger partial charge in [0.25, 0.3) is 0 Å². The summed E-state index contributed by atoms with van der Waals surface area (Å²) in [7, 11) is 3.89. The standard InChI is InChI=1S/C20H20ClF3N6/c1-30(2)10-9-26-19-28-17(13-5-7-25-8-6-13)12-18(29-19)27-14-3-4-16(21)15(11-14)20(22,23)24/h3-8,11-12H,9-10H2,1-2H3,(H2,26,27,28,29). The molecule has 10 heteroatoms. The predicted molar refractivity (Wildman–Crippen MR) is 112 cm³/mol. The van der Waals surface area contributed by atoms with Gasteiger partial charge in [-0.25, -0.2) is 4.98 Å². The number of pyridine rings is 1. The number of rotatable bonds is 7. The summed E-state index contributed by atoms with van der Waals surface area (Å²) in [6.45, 7) is 1.36. The fourth-order valence-electron chi connectivity index (χ4n) is 2.62. The van der Waals surface area contributed by atoms with E-state index in [1.54, 1.807) is 30.6 Å². The van der Waals surface area contributed by atoms with Crippen molar-refractivity contribution in [2.24, 2.45) is 0 Å². The molecule has 30 heavy (non-hydrogen) atoms. The Hall–Kier alpha value is -2.91. The van der Waals surface area contributed by atoms with E-state index in [4.69, 9.17) is 11.6 Å². The Morgan fingerprint density at radius 2 is 1.77 bits per heavy atom. The van der Waals surface area contributed by atoms with Crippen molar-refractivity contribution in [2.45, 2.75) is 6.18 Å². The largest absolute Gasteiger partial charge is 0.417 e. The zero-order chi connectivity index (χ0) is 21.7. The first kappa shape index (κ1) is 21.8.